The van der Waals surface area contributed by atoms with Crippen molar-refractivity contribution in [2.24, 2.45) is 0 Å². The second-order valence-corrected chi connectivity index (χ2v) is 14.7. The number of aliphatic hydroxyl groups is 2. The lowest BCUT2D eigenvalue weighted by molar-refractivity contribution is -0.161. The fourth-order valence-electron chi connectivity index (χ4n) is 4.64. The van der Waals surface area contributed by atoms with Gasteiger partial charge in [0.25, 0.3) is 0 Å². The van der Waals surface area contributed by atoms with Crippen LogP contribution in [0, 0.1) is 0 Å². The summed E-state index contributed by atoms with van der Waals surface area (Å²) < 4.78 is 32.5. The van der Waals surface area contributed by atoms with Crippen molar-refractivity contribution in [1.29, 1.82) is 0 Å². The minimum atomic E-state index is -4.66. The summed E-state index contributed by atoms with van der Waals surface area (Å²) in [6.45, 7) is 1.96. The predicted molar refractivity (Wildman–Crippen MR) is 241 cm³/mol. The molecule has 0 aromatic heterocycles. The molecule has 0 aliphatic carbocycles. The van der Waals surface area contributed by atoms with E-state index in [9.17, 15) is 24.2 Å². The number of ether oxygens (including phenoxy) is 2. The Bertz CT molecular complexity index is 1430. The number of phosphoric ester groups is 1. The van der Waals surface area contributed by atoms with Crippen LogP contribution in [-0.4, -0.2) is 65.7 Å². The smallest absolute Gasteiger partial charge is 0.462 e. The van der Waals surface area contributed by atoms with Gasteiger partial charge in [-0.15, -0.1) is 0 Å². The third-order valence-corrected chi connectivity index (χ3v) is 8.76. The molecule has 0 aliphatic rings. The van der Waals surface area contributed by atoms with Gasteiger partial charge < -0.3 is 24.6 Å². The molecular weight excluding hydrogens is 767 g/mol. The van der Waals surface area contributed by atoms with E-state index in [1.165, 1.54) is 0 Å². The van der Waals surface area contributed by atoms with Crippen LogP contribution < -0.4 is 0 Å². The van der Waals surface area contributed by atoms with E-state index in [4.69, 9.17) is 19.1 Å². The molecule has 0 amide bonds. The molecule has 0 aromatic carbocycles. The van der Waals surface area contributed by atoms with Crippen LogP contribution in [0.15, 0.2) is 134 Å². The van der Waals surface area contributed by atoms with E-state index < -0.39 is 51.8 Å². The van der Waals surface area contributed by atoms with Gasteiger partial charge in [0.15, 0.2) is 6.10 Å². The summed E-state index contributed by atoms with van der Waals surface area (Å²) in [6, 6.07) is 0. The molecule has 0 fully saturated rings. The summed E-state index contributed by atoms with van der Waals surface area (Å²) >= 11 is 0. The molecule has 0 rings (SSSR count). The first-order valence-electron chi connectivity index (χ1n) is 21.1. The largest absolute Gasteiger partial charge is 0.472 e. The van der Waals surface area contributed by atoms with Gasteiger partial charge in [0.05, 0.1) is 19.8 Å². The third-order valence-electron chi connectivity index (χ3n) is 7.81. The van der Waals surface area contributed by atoms with Crippen molar-refractivity contribution in [3.05, 3.63) is 134 Å². The highest BCUT2D eigenvalue weighted by atomic mass is 31.2. The lowest BCUT2D eigenvalue weighted by atomic mass is 10.2. The minimum Gasteiger partial charge on any atom is -0.462 e. The zero-order valence-electron chi connectivity index (χ0n) is 35.6. The number of aliphatic hydroxyl groups excluding tert-OH is 2. The molecule has 0 radical (unpaired) electrons. The maximum atomic E-state index is 12.6. The molecule has 3 N–H and O–H groups in total. The first-order valence-corrected chi connectivity index (χ1v) is 22.6. The van der Waals surface area contributed by atoms with Crippen molar-refractivity contribution in [2.45, 2.75) is 129 Å². The van der Waals surface area contributed by atoms with E-state index in [1.807, 2.05) is 30.4 Å². The highest BCUT2D eigenvalue weighted by Gasteiger charge is 2.27. The molecule has 0 bridgehead atoms. The summed E-state index contributed by atoms with van der Waals surface area (Å²) in [5.74, 6) is -1.11. The maximum Gasteiger partial charge on any atom is 0.472 e. The Morgan fingerprint density at radius 2 is 0.881 bits per heavy atom. The highest BCUT2D eigenvalue weighted by Crippen LogP contribution is 2.43. The van der Waals surface area contributed by atoms with Gasteiger partial charge >= 0.3 is 19.8 Å². The molecule has 3 unspecified atom stereocenters. The predicted octanol–water partition coefficient (Wildman–Crippen LogP) is 11.3. The Hall–Kier alpha value is -3.89. The maximum absolute atomic E-state index is 12.6. The van der Waals surface area contributed by atoms with Gasteiger partial charge in [-0.3, -0.25) is 18.6 Å². The first kappa shape index (κ1) is 55.1. The molecule has 0 saturated carbocycles. The summed E-state index contributed by atoms with van der Waals surface area (Å²) in [5.41, 5.74) is 0. The van der Waals surface area contributed by atoms with Crippen LogP contribution in [0.3, 0.4) is 0 Å². The summed E-state index contributed by atoms with van der Waals surface area (Å²) in [7, 11) is -4.66. The van der Waals surface area contributed by atoms with Gasteiger partial charge in [-0.1, -0.05) is 148 Å². The quantitative estimate of drug-likeness (QED) is 0.0239. The topological polar surface area (TPSA) is 149 Å². The monoisotopic (exact) mass is 840 g/mol. The van der Waals surface area contributed by atoms with Crippen molar-refractivity contribution in [2.75, 3.05) is 26.4 Å². The number of unbranched alkanes of at least 4 members (excludes halogenated alkanes) is 1. The van der Waals surface area contributed by atoms with Crippen LogP contribution in [0.1, 0.15) is 117 Å². The molecule has 3 atom stereocenters. The summed E-state index contributed by atoms with van der Waals surface area (Å²) in [6.07, 6.45) is 55.8. The number of phosphoric acid groups is 1. The van der Waals surface area contributed by atoms with Gasteiger partial charge in [0.2, 0.25) is 0 Å². The molecule has 0 aliphatic heterocycles. The Labute approximate surface area is 355 Å². The average molecular weight is 841 g/mol. The second-order valence-electron chi connectivity index (χ2n) is 13.2. The number of rotatable bonds is 37. The van der Waals surface area contributed by atoms with E-state index in [-0.39, 0.29) is 19.4 Å². The minimum absolute atomic E-state index is 0.0375. The van der Waals surface area contributed by atoms with Crippen LogP contribution in [0.5, 0.6) is 0 Å². The van der Waals surface area contributed by atoms with Gasteiger partial charge in [0.1, 0.15) is 12.7 Å². The number of hydrogen-bond donors (Lipinski definition) is 3. The van der Waals surface area contributed by atoms with E-state index in [1.54, 1.807) is 0 Å². The highest BCUT2D eigenvalue weighted by molar-refractivity contribution is 7.47. The van der Waals surface area contributed by atoms with E-state index in [0.717, 1.165) is 64.2 Å². The Morgan fingerprint density at radius 1 is 0.508 bits per heavy atom. The molecule has 0 aromatic rings. The van der Waals surface area contributed by atoms with Crippen molar-refractivity contribution in [3.8, 4) is 0 Å². The normalized spacial score (nSPS) is 15.1. The molecule has 330 valence electrons. The first-order chi connectivity index (χ1) is 28.7. The second kappa shape index (κ2) is 42.2. The Balaban J connectivity index is 4.57. The molecule has 10 nitrogen and oxygen atoms in total. The zero-order valence-corrected chi connectivity index (χ0v) is 36.5. The fraction of sp³-hybridized carbons (Fsp3) is 0.500. The Kier molecular flexibility index (Phi) is 39.5. The van der Waals surface area contributed by atoms with Gasteiger partial charge in [-0.25, -0.2) is 4.57 Å². The lowest BCUT2D eigenvalue weighted by Crippen LogP contribution is -2.29. The van der Waals surface area contributed by atoms with Gasteiger partial charge in [-0.2, -0.15) is 0 Å². The lowest BCUT2D eigenvalue weighted by Gasteiger charge is -2.20. The van der Waals surface area contributed by atoms with E-state index in [0.29, 0.717) is 25.7 Å². The number of carbonyl (C=O) groups is 2. The van der Waals surface area contributed by atoms with E-state index in [2.05, 4.69) is 122 Å². The molecule has 0 heterocycles. The van der Waals surface area contributed by atoms with Crippen LogP contribution in [-0.2, 0) is 32.7 Å². The van der Waals surface area contributed by atoms with Crippen molar-refractivity contribution >= 4 is 19.8 Å². The van der Waals surface area contributed by atoms with Crippen molar-refractivity contribution in [1.82, 2.24) is 0 Å². The number of hydrogen-bond acceptors (Lipinski definition) is 9. The van der Waals surface area contributed by atoms with Gasteiger partial charge in [0, 0.05) is 12.8 Å². The van der Waals surface area contributed by atoms with Crippen LogP contribution in [0.25, 0.3) is 0 Å². The average Bonchev–Trinajstić information content (AvgIpc) is 3.22. The summed E-state index contributed by atoms with van der Waals surface area (Å²) in [4.78, 5) is 34.9. The number of allylic oxidation sites excluding steroid dienone is 22. The van der Waals surface area contributed by atoms with E-state index >= 15 is 0 Å². The molecule has 0 spiro atoms. The Morgan fingerprint density at radius 3 is 1.29 bits per heavy atom. The molecule has 0 saturated heterocycles. The van der Waals surface area contributed by atoms with Crippen molar-refractivity contribution in [3.63, 3.8) is 0 Å². The zero-order chi connectivity index (χ0) is 43.3. The third kappa shape index (κ3) is 42.1. The number of carbonyl (C=O) groups excluding carboxylic acids is 2. The van der Waals surface area contributed by atoms with Crippen LogP contribution in [0.4, 0.5) is 0 Å². The molecular formula is C48H73O10P. The van der Waals surface area contributed by atoms with Crippen LogP contribution >= 0.6 is 7.82 Å². The van der Waals surface area contributed by atoms with Gasteiger partial charge in [-0.05, 0) is 89.9 Å². The number of esters is 2. The van der Waals surface area contributed by atoms with Crippen molar-refractivity contribution < 1.29 is 47.8 Å². The molecule has 11 heteroatoms. The van der Waals surface area contributed by atoms with Crippen LogP contribution in [0.2, 0.25) is 0 Å². The standard InChI is InChI=1S/C48H73O10P/c1-3-5-7-9-11-13-15-17-19-21-22-24-26-28-30-32-34-36-38-40-48(52)58-46(44-57-59(53,54)56-42-45(50)41-49)43-55-47(51)39-37-35-33-31-29-27-25-23-20-18-16-14-12-10-8-6-4-2/h5-8,11-14,17-20,22,24-25,27-28,30-31,33-34,36,45-46,49-50H,3-4,9-10,15-16,21,23,26,29,32,35,37-44H2,1-2H3,(H,53,54)/b7-5-,8-6-,13-11-,14-12-,19-17-,20-18-,24-22-,27-25-,30-28-,33-31-,36-34-. The molecule has 59 heavy (non-hydrogen) atoms. The SMILES string of the molecule is CC/C=C\C/C=C\C/C=C\C/C=C\C/C=C\C/C=C\CCC(=O)OC(COC(=O)CCC/C=C\C/C=C\C/C=C\C/C=C\C/C=C\CC)COP(=O)(O)OCC(O)CO. The summed E-state index contributed by atoms with van der Waals surface area (Å²) in [5, 5.41) is 18.3. The fourth-order valence-corrected chi connectivity index (χ4v) is 5.43.